The first-order chi connectivity index (χ1) is 8.13. The van der Waals surface area contributed by atoms with E-state index in [1.165, 1.54) is 0 Å². The number of phenolic OH excluding ortho intramolecular Hbond substituents is 1. The third kappa shape index (κ3) is 3.39. The van der Waals surface area contributed by atoms with Gasteiger partial charge in [-0.2, -0.15) is 0 Å². The molecular formula is C13H13NO2S. The van der Waals surface area contributed by atoms with Gasteiger partial charge < -0.3 is 5.11 Å². The molecule has 0 aliphatic carbocycles. The number of thiazole rings is 1. The molecule has 0 aliphatic heterocycles. The van der Waals surface area contributed by atoms with E-state index in [1.807, 2.05) is 12.1 Å². The minimum atomic E-state index is 0.157. The molecule has 17 heavy (non-hydrogen) atoms. The molecule has 2 aromatic rings. The highest BCUT2D eigenvalue weighted by Gasteiger charge is 2.05. The van der Waals surface area contributed by atoms with Crippen LogP contribution in [0.2, 0.25) is 0 Å². The van der Waals surface area contributed by atoms with Gasteiger partial charge >= 0.3 is 0 Å². The Hall–Kier alpha value is -1.68. The minimum Gasteiger partial charge on any atom is -0.508 e. The van der Waals surface area contributed by atoms with Crippen molar-refractivity contribution < 1.29 is 9.90 Å². The van der Waals surface area contributed by atoms with Gasteiger partial charge in [-0.15, -0.1) is 11.3 Å². The van der Waals surface area contributed by atoms with Crippen LogP contribution in [0.5, 0.6) is 5.75 Å². The lowest BCUT2D eigenvalue weighted by atomic mass is 10.1. The van der Waals surface area contributed by atoms with Crippen LogP contribution in [0.1, 0.15) is 22.4 Å². The highest BCUT2D eigenvalue weighted by molar-refractivity contribution is 7.11. The summed E-state index contributed by atoms with van der Waals surface area (Å²) in [7, 11) is 0. The number of hydrogen-bond acceptors (Lipinski definition) is 4. The first kappa shape index (κ1) is 11.8. The smallest absolute Gasteiger partial charge is 0.135 e. The summed E-state index contributed by atoms with van der Waals surface area (Å²) >= 11 is 1.57. The number of aromatic nitrogens is 1. The van der Waals surface area contributed by atoms with Crippen molar-refractivity contribution in [3.63, 3.8) is 0 Å². The molecule has 0 aliphatic rings. The number of Topliss-reactive ketones (excluding diaryl/α,β-unsaturated/α-hetero) is 1. The van der Waals surface area contributed by atoms with Gasteiger partial charge in [-0.25, -0.2) is 4.98 Å². The molecule has 1 heterocycles. The molecule has 0 fully saturated rings. The molecule has 0 atom stereocenters. The third-order valence-electron chi connectivity index (χ3n) is 2.32. The molecule has 0 bridgehead atoms. The molecule has 2 rings (SSSR count). The van der Waals surface area contributed by atoms with Crippen LogP contribution in [-0.4, -0.2) is 15.9 Å². The molecular weight excluding hydrogens is 234 g/mol. The van der Waals surface area contributed by atoms with E-state index in [0.717, 1.165) is 21.9 Å². The predicted molar refractivity (Wildman–Crippen MR) is 67.4 cm³/mol. The standard InChI is InChI=1S/C13H13NO2S/c1-9(15)6-12-8-14-13(17-12)7-10-2-4-11(16)5-3-10/h2-5,8,16H,6-7H2,1H3. The maximum atomic E-state index is 11.0. The highest BCUT2D eigenvalue weighted by atomic mass is 32.1. The molecule has 0 amide bonds. The Bertz CT molecular complexity index is 516. The van der Waals surface area contributed by atoms with Gasteiger partial charge in [0.05, 0.1) is 5.01 Å². The van der Waals surface area contributed by atoms with E-state index in [4.69, 9.17) is 0 Å². The van der Waals surface area contributed by atoms with Crippen LogP contribution in [-0.2, 0) is 17.6 Å². The van der Waals surface area contributed by atoms with Crippen LogP contribution in [0, 0.1) is 0 Å². The number of rotatable bonds is 4. The molecule has 1 aromatic carbocycles. The Morgan fingerprint density at radius 2 is 2.06 bits per heavy atom. The Morgan fingerprint density at radius 1 is 1.35 bits per heavy atom. The second-order valence-corrected chi connectivity index (χ2v) is 5.14. The van der Waals surface area contributed by atoms with E-state index < -0.39 is 0 Å². The molecule has 0 saturated heterocycles. The third-order valence-corrected chi connectivity index (χ3v) is 3.31. The van der Waals surface area contributed by atoms with Gasteiger partial charge in [0.1, 0.15) is 11.5 Å². The van der Waals surface area contributed by atoms with E-state index in [0.29, 0.717) is 6.42 Å². The zero-order chi connectivity index (χ0) is 12.3. The first-order valence-corrected chi connectivity index (χ1v) is 6.16. The monoisotopic (exact) mass is 247 g/mol. The van der Waals surface area contributed by atoms with Crippen molar-refractivity contribution in [1.82, 2.24) is 4.98 Å². The van der Waals surface area contributed by atoms with Crippen molar-refractivity contribution in [3.05, 3.63) is 45.9 Å². The first-order valence-electron chi connectivity index (χ1n) is 5.34. The van der Waals surface area contributed by atoms with Crippen molar-refractivity contribution in [1.29, 1.82) is 0 Å². The molecule has 1 aromatic heterocycles. The average molecular weight is 247 g/mol. The number of aromatic hydroxyl groups is 1. The second-order valence-electron chi connectivity index (χ2n) is 3.94. The lowest BCUT2D eigenvalue weighted by Gasteiger charge is -1.97. The summed E-state index contributed by atoms with van der Waals surface area (Å²) in [5.41, 5.74) is 1.10. The molecule has 0 unspecified atom stereocenters. The lowest BCUT2D eigenvalue weighted by Crippen LogP contribution is -1.92. The van der Waals surface area contributed by atoms with Crippen molar-refractivity contribution in [2.24, 2.45) is 0 Å². The van der Waals surface area contributed by atoms with E-state index in [-0.39, 0.29) is 11.5 Å². The van der Waals surface area contributed by atoms with Crippen LogP contribution < -0.4 is 0 Å². The van der Waals surface area contributed by atoms with E-state index in [2.05, 4.69) is 4.98 Å². The van der Waals surface area contributed by atoms with Crippen LogP contribution in [0.25, 0.3) is 0 Å². The largest absolute Gasteiger partial charge is 0.508 e. The van der Waals surface area contributed by atoms with Crippen LogP contribution in [0.3, 0.4) is 0 Å². The summed E-state index contributed by atoms with van der Waals surface area (Å²) in [6.45, 7) is 1.58. The number of carbonyl (C=O) groups is 1. The van der Waals surface area contributed by atoms with Gasteiger partial charge in [0, 0.05) is 23.9 Å². The molecule has 0 radical (unpaired) electrons. The average Bonchev–Trinajstić information content (AvgIpc) is 2.68. The van der Waals surface area contributed by atoms with Crippen molar-refractivity contribution in [3.8, 4) is 5.75 Å². The van der Waals surface area contributed by atoms with Gasteiger partial charge in [-0.3, -0.25) is 4.79 Å². The Labute approximate surface area is 104 Å². The number of nitrogens with zero attached hydrogens (tertiary/aromatic N) is 1. The highest BCUT2D eigenvalue weighted by Crippen LogP contribution is 2.19. The van der Waals surface area contributed by atoms with E-state index in [1.54, 1.807) is 36.6 Å². The minimum absolute atomic E-state index is 0.157. The number of benzene rings is 1. The lowest BCUT2D eigenvalue weighted by molar-refractivity contribution is -0.116. The maximum absolute atomic E-state index is 11.0. The summed E-state index contributed by atoms with van der Waals surface area (Å²) < 4.78 is 0. The van der Waals surface area contributed by atoms with Crippen LogP contribution in [0.4, 0.5) is 0 Å². The molecule has 3 nitrogen and oxygen atoms in total. The van der Waals surface area contributed by atoms with Crippen molar-refractivity contribution in [2.45, 2.75) is 19.8 Å². The number of carbonyl (C=O) groups excluding carboxylic acids is 1. The predicted octanol–water partition coefficient (Wildman–Crippen LogP) is 2.57. The molecule has 0 saturated carbocycles. The van der Waals surface area contributed by atoms with E-state index in [9.17, 15) is 9.90 Å². The maximum Gasteiger partial charge on any atom is 0.135 e. The van der Waals surface area contributed by atoms with Crippen molar-refractivity contribution in [2.75, 3.05) is 0 Å². The zero-order valence-corrected chi connectivity index (χ0v) is 10.3. The summed E-state index contributed by atoms with van der Waals surface area (Å²) in [5.74, 6) is 0.426. The Morgan fingerprint density at radius 3 is 2.71 bits per heavy atom. The summed E-state index contributed by atoms with van der Waals surface area (Å²) in [4.78, 5) is 16.3. The van der Waals surface area contributed by atoms with Crippen molar-refractivity contribution >= 4 is 17.1 Å². The summed E-state index contributed by atoms with van der Waals surface area (Å²) in [6, 6.07) is 7.08. The van der Waals surface area contributed by atoms with Gasteiger partial charge in [-0.05, 0) is 24.6 Å². The number of hydrogen-bond donors (Lipinski definition) is 1. The topological polar surface area (TPSA) is 50.2 Å². The van der Waals surface area contributed by atoms with E-state index >= 15 is 0 Å². The molecule has 1 N–H and O–H groups in total. The summed E-state index contributed by atoms with van der Waals surface area (Å²) in [5, 5.41) is 10.2. The fourth-order valence-corrected chi connectivity index (χ4v) is 2.57. The van der Waals surface area contributed by atoms with Crippen LogP contribution in [0.15, 0.2) is 30.5 Å². The number of ketones is 1. The van der Waals surface area contributed by atoms with Gasteiger partial charge in [0.25, 0.3) is 0 Å². The fourth-order valence-electron chi connectivity index (χ4n) is 1.55. The summed E-state index contributed by atoms with van der Waals surface area (Å²) in [6.07, 6.45) is 2.97. The van der Waals surface area contributed by atoms with Gasteiger partial charge in [0.15, 0.2) is 0 Å². The van der Waals surface area contributed by atoms with Crippen LogP contribution >= 0.6 is 11.3 Å². The van der Waals surface area contributed by atoms with Gasteiger partial charge in [0.2, 0.25) is 0 Å². The zero-order valence-electron chi connectivity index (χ0n) is 9.51. The Kier molecular flexibility index (Phi) is 3.54. The molecule has 4 heteroatoms. The molecule has 88 valence electrons. The number of phenols is 1. The fraction of sp³-hybridized carbons (Fsp3) is 0.231. The SMILES string of the molecule is CC(=O)Cc1cnc(Cc2ccc(O)cc2)s1. The second kappa shape index (κ2) is 5.10. The normalized spacial score (nSPS) is 10.4. The molecule has 0 spiro atoms. The quantitative estimate of drug-likeness (QED) is 0.903. The Balaban J connectivity index is 2.06. The van der Waals surface area contributed by atoms with Gasteiger partial charge in [-0.1, -0.05) is 12.1 Å².